The van der Waals surface area contributed by atoms with Crippen LogP contribution in [0.2, 0.25) is 0 Å². The molecule has 0 amide bonds. The molecule has 0 fully saturated rings. The molecular weight excluding hydrogens is 326 g/mol. The standard InChI is InChI=1S/C21H29N3O2/c1-2-25-16-6-14-23-21(22)24-15-13-18-9-11-20(12-10-18)26-17-19-7-4-3-5-8-19/h3-5,7-12H,2,6,13-17H2,1H3,(H3,22,23,24). The maximum absolute atomic E-state index is 5.85. The Morgan fingerprint density at radius 2 is 1.81 bits per heavy atom. The van der Waals surface area contributed by atoms with Crippen LogP contribution in [0.4, 0.5) is 0 Å². The highest BCUT2D eigenvalue weighted by Crippen LogP contribution is 2.14. The summed E-state index contributed by atoms with van der Waals surface area (Å²) in [5.41, 5.74) is 8.24. The number of nitrogens with two attached hydrogens (primary N) is 1. The van der Waals surface area contributed by atoms with E-state index in [-0.39, 0.29) is 0 Å². The lowest BCUT2D eigenvalue weighted by Crippen LogP contribution is -2.33. The van der Waals surface area contributed by atoms with E-state index in [9.17, 15) is 0 Å². The van der Waals surface area contributed by atoms with Crippen molar-refractivity contribution in [3.8, 4) is 5.75 Å². The highest BCUT2D eigenvalue weighted by molar-refractivity contribution is 5.77. The molecule has 5 heteroatoms. The van der Waals surface area contributed by atoms with Crippen LogP contribution in [-0.4, -0.2) is 32.3 Å². The smallest absolute Gasteiger partial charge is 0.188 e. The number of ether oxygens (including phenoxy) is 2. The normalized spacial score (nSPS) is 11.3. The van der Waals surface area contributed by atoms with Crippen molar-refractivity contribution in [2.75, 3.05) is 26.3 Å². The number of hydrogen-bond donors (Lipinski definition) is 2. The van der Waals surface area contributed by atoms with Crippen molar-refractivity contribution in [3.05, 3.63) is 65.7 Å². The SMILES string of the molecule is CCOCCCN=C(N)NCCc1ccc(OCc2ccccc2)cc1. The number of rotatable bonds is 11. The summed E-state index contributed by atoms with van der Waals surface area (Å²) in [5.74, 6) is 1.37. The number of benzene rings is 2. The van der Waals surface area contributed by atoms with Gasteiger partial charge in [0, 0.05) is 26.3 Å². The molecule has 0 bridgehead atoms. The topological polar surface area (TPSA) is 68.9 Å². The summed E-state index contributed by atoms with van der Waals surface area (Å²) < 4.78 is 11.1. The Hall–Kier alpha value is -2.53. The van der Waals surface area contributed by atoms with Crippen molar-refractivity contribution in [2.24, 2.45) is 10.7 Å². The summed E-state index contributed by atoms with van der Waals surface area (Å²) in [5, 5.41) is 3.14. The third kappa shape index (κ3) is 8.03. The molecule has 0 heterocycles. The number of guanidine groups is 1. The molecule has 0 aliphatic rings. The first-order valence-electron chi connectivity index (χ1n) is 9.15. The van der Waals surface area contributed by atoms with Crippen molar-refractivity contribution >= 4 is 5.96 Å². The number of aliphatic imine (C=N–C) groups is 1. The molecule has 3 N–H and O–H groups in total. The fourth-order valence-electron chi connectivity index (χ4n) is 2.39. The van der Waals surface area contributed by atoms with E-state index in [0.29, 0.717) is 19.1 Å². The lowest BCUT2D eigenvalue weighted by atomic mass is 10.1. The van der Waals surface area contributed by atoms with Crippen LogP contribution in [0.3, 0.4) is 0 Å². The first-order valence-corrected chi connectivity index (χ1v) is 9.15. The Morgan fingerprint density at radius 3 is 2.54 bits per heavy atom. The Balaban J connectivity index is 1.64. The van der Waals surface area contributed by atoms with Gasteiger partial charge in [-0.1, -0.05) is 42.5 Å². The molecule has 26 heavy (non-hydrogen) atoms. The van der Waals surface area contributed by atoms with Crippen LogP contribution in [0, 0.1) is 0 Å². The van der Waals surface area contributed by atoms with Crippen LogP contribution >= 0.6 is 0 Å². The molecule has 2 rings (SSSR count). The number of hydrogen-bond acceptors (Lipinski definition) is 3. The Labute approximate surface area is 156 Å². The summed E-state index contributed by atoms with van der Waals surface area (Å²) in [6.45, 7) is 5.48. The molecule has 0 spiro atoms. The van der Waals surface area contributed by atoms with Gasteiger partial charge in [-0.15, -0.1) is 0 Å². The fourth-order valence-corrected chi connectivity index (χ4v) is 2.39. The van der Waals surface area contributed by atoms with E-state index in [4.69, 9.17) is 15.2 Å². The molecule has 2 aromatic carbocycles. The zero-order chi connectivity index (χ0) is 18.5. The van der Waals surface area contributed by atoms with Gasteiger partial charge in [-0.2, -0.15) is 0 Å². The molecule has 2 aromatic rings. The summed E-state index contributed by atoms with van der Waals surface area (Å²) in [4.78, 5) is 4.28. The minimum atomic E-state index is 0.490. The van der Waals surface area contributed by atoms with E-state index < -0.39 is 0 Å². The molecule has 0 aliphatic heterocycles. The van der Waals surface area contributed by atoms with Gasteiger partial charge in [-0.25, -0.2) is 0 Å². The zero-order valence-electron chi connectivity index (χ0n) is 15.5. The van der Waals surface area contributed by atoms with Gasteiger partial charge >= 0.3 is 0 Å². The second-order valence-corrected chi connectivity index (χ2v) is 5.91. The first kappa shape index (κ1) is 19.8. The van der Waals surface area contributed by atoms with Gasteiger partial charge in [0.05, 0.1) is 0 Å². The molecule has 0 saturated carbocycles. The highest BCUT2D eigenvalue weighted by atomic mass is 16.5. The van der Waals surface area contributed by atoms with E-state index in [1.807, 2.05) is 37.3 Å². The van der Waals surface area contributed by atoms with E-state index in [1.165, 1.54) is 5.56 Å². The third-order valence-electron chi connectivity index (χ3n) is 3.82. The Morgan fingerprint density at radius 1 is 1.04 bits per heavy atom. The van der Waals surface area contributed by atoms with Crippen molar-refractivity contribution in [1.82, 2.24) is 5.32 Å². The van der Waals surface area contributed by atoms with E-state index in [1.54, 1.807) is 0 Å². The summed E-state index contributed by atoms with van der Waals surface area (Å²) in [6.07, 6.45) is 1.77. The van der Waals surface area contributed by atoms with Crippen LogP contribution in [0.1, 0.15) is 24.5 Å². The molecule has 0 saturated heterocycles. The van der Waals surface area contributed by atoms with Crippen LogP contribution in [-0.2, 0) is 17.8 Å². The van der Waals surface area contributed by atoms with Gasteiger partial charge in [0.15, 0.2) is 5.96 Å². The minimum Gasteiger partial charge on any atom is -0.489 e. The van der Waals surface area contributed by atoms with Crippen LogP contribution in [0.15, 0.2) is 59.6 Å². The lowest BCUT2D eigenvalue weighted by molar-refractivity contribution is 0.146. The van der Waals surface area contributed by atoms with Crippen LogP contribution in [0.25, 0.3) is 0 Å². The molecule has 0 aliphatic carbocycles. The summed E-state index contributed by atoms with van der Waals surface area (Å²) >= 11 is 0. The van der Waals surface area contributed by atoms with E-state index in [0.717, 1.165) is 43.9 Å². The lowest BCUT2D eigenvalue weighted by Gasteiger charge is -2.08. The fraction of sp³-hybridized carbons (Fsp3) is 0.381. The summed E-state index contributed by atoms with van der Waals surface area (Å²) in [7, 11) is 0. The number of nitrogens with zero attached hydrogens (tertiary/aromatic N) is 1. The zero-order valence-corrected chi connectivity index (χ0v) is 15.5. The maximum Gasteiger partial charge on any atom is 0.188 e. The monoisotopic (exact) mass is 355 g/mol. The molecular formula is C21H29N3O2. The second kappa shape index (κ2) is 11.9. The largest absolute Gasteiger partial charge is 0.489 e. The molecule has 0 unspecified atom stereocenters. The van der Waals surface area contributed by atoms with Crippen LogP contribution in [0.5, 0.6) is 5.75 Å². The quantitative estimate of drug-likeness (QED) is 0.369. The van der Waals surface area contributed by atoms with Crippen LogP contribution < -0.4 is 15.8 Å². The second-order valence-electron chi connectivity index (χ2n) is 5.91. The highest BCUT2D eigenvalue weighted by Gasteiger charge is 1.98. The summed E-state index contributed by atoms with van der Waals surface area (Å²) in [6, 6.07) is 18.3. The molecule has 0 aromatic heterocycles. The molecule has 0 radical (unpaired) electrons. The number of nitrogens with one attached hydrogen (secondary N) is 1. The van der Waals surface area contributed by atoms with Gasteiger partial charge in [0.1, 0.15) is 12.4 Å². The van der Waals surface area contributed by atoms with Gasteiger partial charge in [0.2, 0.25) is 0 Å². The van der Waals surface area contributed by atoms with Gasteiger partial charge in [-0.3, -0.25) is 4.99 Å². The maximum atomic E-state index is 5.85. The molecule has 0 atom stereocenters. The predicted octanol–water partition coefficient (Wildman–Crippen LogP) is 3.14. The predicted molar refractivity (Wildman–Crippen MR) is 107 cm³/mol. The average Bonchev–Trinajstić information content (AvgIpc) is 2.68. The minimum absolute atomic E-state index is 0.490. The Bertz CT molecular complexity index is 642. The van der Waals surface area contributed by atoms with Gasteiger partial charge < -0.3 is 20.5 Å². The van der Waals surface area contributed by atoms with Crippen molar-refractivity contribution < 1.29 is 9.47 Å². The van der Waals surface area contributed by atoms with Gasteiger partial charge in [-0.05, 0) is 43.0 Å². The van der Waals surface area contributed by atoms with Gasteiger partial charge in [0.25, 0.3) is 0 Å². The third-order valence-corrected chi connectivity index (χ3v) is 3.82. The Kier molecular flexibility index (Phi) is 9.08. The average molecular weight is 355 g/mol. The molecule has 5 nitrogen and oxygen atoms in total. The first-order chi connectivity index (χ1) is 12.8. The van der Waals surface area contributed by atoms with Crippen molar-refractivity contribution in [2.45, 2.75) is 26.4 Å². The van der Waals surface area contributed by atoms with Crippen molar-refractivity contribution in [1.29, 1.82) is 0 Å². The molecule has 140 valence electrons. The van der Waals surface area contributed by atoms with Crippen molar-refractivity contribution in [3.63, 3.8) is 0 Å². The van der Waals surface area contributed by atoms with E-state index >= 15 is 0 Å². The van der Waals surface area contributed by atoms with E-state index in [2.05, 4.69) is 34.6 Å².